The Kier molecular flexibility index (Phi) is 4.74. The van der Waals surface area contributed by atoms with Crippen LogP contribution in [0.1, 0.15) is 23.9 Å². The molecule has 0 aliphatic rings. The molecule has 3 aromatic rings. The lowest BCUT2D eigenvalue weighted by Crippen LogP contribution is -2.04. The zero-order valence-electron chi connectivity index (χ0n) is 12.1. The summed E-state index contributed by atoms with van der Waals surface area (Å²) in [7, 11) is 0. The summed E-state index contributed by atoms with van der Waals surface area (Å²) < 4.78 is 7.30. The number of tetrazole rings is 1. The van der Waals surface area contributed by atoms with E-state index in [0.29, 0.717) is 16.9 Å². The molecule has 0 radical (unpaired) electrons. The highest BCUT2D eigenvalue weighted by atomic mass is 32.2. The zero-order valence-corrected chi connectivity index (χ0v) is 13.7. The topological polar surface area (TPSA) is 82.5 Å². The largest absolute Gasteiger partial charge is 0.415 e. The van der Waals surface area contributed by atoms with E-state index in [-0.39, 0.29) is 5.25 Å². The Morgan fingerprint density at radius 1 is 1.18 bits per heavy atom. The van der Waals surface area contributed by atoms with Crippen LogP contribution in [0.3, 0.4) is 0 Å². The summed E-state index contributed by atoms with van der Waals surface area (Å²) in [5.41, 5.74) is 0.920. The minimum atomic E-state index is -0.0159. The molecule has 9 heteroatoms. The number of rotatable bonds is 6. The van der Waals surface area contributed by atoms with Crippen molar-refractivity contribution < 1.29 is 4.42 Å². The number of hydrogen-bond acceptors (Lipinski definition) is 8. The van der Waals surface area contributed by atoms with Gasteiger partial charge in [-0.05, 0) is 35.7 Å². The number of para-hydroxylation sites is 1. The summed E-state index contributed by atoms with van der Waals surface area (Å²) >= 11 is 3.09. The molecule has 0 bridgehead atoms. The highest BCUT2D eigenvalue weighted by Crippen LogP contribution is 2.33. The molecular formula is C13H14N6OS2. The van der Waals surface area contributed by atoms with Crippen molar-refractivity contribution >= 4 is 23.5 Å². The van der Waals surface area contributed by atoms with Gasteiger partial charge in [0.1, 0.15) is 0 Å². The van der Waals surface area contributed by atoms with Gasteiger partial charge in [0, 0.05) is 0 Å². The zero-order chi connectivity index (χ0) is 15.4. The first kappa shape index (κ1) is 15.0. The van der Waals surface area contributed by atoms with Crippen molar-refractivity contribution in [2.45, 2.75) is 23.1 Å². The number of thioether (sulfide) groups is 2. The van der Waals surface area contributed by atoms with E-state index < -0.39 is 0 Å². The summed E-state index contributed by atoms with van der Waals surface area (Å²) in [6.07, 6.45) is 1.99. The van der Waals surface area contributed by atoms with Crippen LogP contribution in [0.2, 0.25) is 0 Å². The molecule has 0 aliphatic carbocycles. The first-order valence-electron chi connectivity index (χ1n) is 6.59. The Labute approximate surface area is 135 Å². The number of nitrogens with zero attached hydrogens (tertiary/aromatic N) is 6. The second kappa shape index (κ2) is 6.93. The third-order valence-electron chi connectivity index (χ3n) is 2.85. The summed E-state index contributed by atoms with van der Waals surface area (Å²) in [5, 5.41) is 20.5. The smallest absolute Gasteiger partial charge is 0.277 e. The number of aromatic nitrogens is 6. The number of benzene rings is 1. The molecule has 0 aliphatic heterocycles. The Morgan fingerprint density at radius 3 is 2.77 bits per heavy atom. The maximum Gasteiger partial charge on any atom is 0.277 e. The van der Waals surface area contributed by atoms with Crippen LogP contribution in [0.15, 0.2) is 40.0 Å². The molecule has 0 N–H and O–H groups in total. The van der Waals surface area contributed by atoms with Crippen molar-refractivity contribution in [2.75, 3.05) is 6.26 Å². The van der Waals surface area contributed by atoms with E-state index in [1.165, 1.54) is 11.8 Å². The van der Waals surface area contributed by atoms with Gasteiger partial charge in [0.15, 0.2) is 5.82 Å². The average molecular weight is 334 g/mol. The summed E-state index contributed by atoms with van der Waals surface area (Å²) in [4.78, 5) is 0. The molecule has 0 fully saturated rings. The van der Waals surface area contributed by atoms with Crippen molar-refractivity contribution in [3.8, 4) is 5.69 Å². The second-order valence-electron chi connectivity index (χ2n) is 4.44. The molecule has 0 saturated heterocycles. The van der Waals surface area contributed by atoms with Crippen molar-refractivity contribution in [3.05, 3.63) is 42.0 Å². The first-order valence-corrected chi connectivity index (χ1v) is 8.87. The fraction of sp³-hybridized carbons (Fsp3) is 0.308. The molecule has 1 atom stereocenters. The summed E-state index contributed by atoms with van der Waals surface area (Å²) in [6.45, 7) is 2.01. The highest BCUT2D eigenvalue weighted by molar-refractivity contribution is 7.99. The van der Waals surface area contributed by atoms with Crippen molar-refractivity contribution in [3.63, 3.8) is 0 Å². The first-order chi connectivity index (χ1) is 10.8. The Balaban J connectivity index is 1.78. The maximum absolute atomic E-state index is 5.58. The Morgan fingerprint density at radius 2 is 2.00 bits per heavy atom. The molecule has 7 nitrogen and oxygen atoms in total. The maximum atomic E-state index is 5.58. The van der Waals surface area contributed by atoms with Crippen LogP contribution >= 0.6 is 23.5 Å². The average Bonchev–Trinajstić information content (AvgIpc) is 3.18. The van der Waals surface area contributed by atoms with E-state index in [4.69, 9.17) is 4.42 Å². The van der Waals surface area contributed by atoms with E-state index in [9.17, 15) is 0 Å². The van der Waals surface area contributed by atoms with Gasteiger partial charge in [-0.25, -0.2) is 0 Å². The third kappa shape index (κ3) is 3.30. The molecule has 114 valence electrons. The molecule has 0 amide bonds. The lowest BCUT2D eigenvalue weighted by molar-refractivity contribution is 0.426. The Bertz CT molecular complexity index is 729. The fourth-order valence-corrected chi connectivity index (χ4v) is 3.02. The van der Waals surface area contributed by atoms with E-state index in [0.717, 1.165) is 11.5 Å². The van der Waals surface area contributed by atoms with Crippen LogP contribution in [0.4, 0.5) is 0 Å². The molecule has 0 spiro atoms. The van der Waals surface area contributed by atoms with Gasteiger partial charge in [-0.3, -0.25) is 0 Å². The molecule has 2 aromatic heterocycles. The molecule has 0 saturated carbocycles. The van der Waals surface area contributed by atoms with Gasteiger partial charge in [0.25, 0.3) is 5.22 Å². The molecule has 2 heterocycles. The van der Waals surface area contributed by atoms with Gasteiger partial charge >= 0.3 is 0 Å². The predicted octanol–water partition coefficient (Wildman–Crippen LogP) is 2.76. The van der Waals surface area contributed by atoms with E-state index in [1.54, 1.807) is 16.4 Å². The van der Waals surface area contributed by atoms with E-state index in [2.05, 4.69) is 25.7 Å². The van der Waals surface area contributed by atoms with Crippen LogP contribution in [-0.2, 0) is 5.75 Å². The van der Waals surface area contributed by atoms with E-state index >= 15 is 0 Å². The Hall–Kier alpha value is -1.87. The van der Waals surface area contributed by atoms with Crippen LogP contribution in [-0.4, -0.2) is 36.7 Å². The van der Waals surface area contributed by atoms with Crippen LogP contribution in [0.25, 0.3) is 5.69 Å². The van der Waals surface area contributed by atoms with Crippen molar-refractivity contribution in [2.24, 2.45) is 0 Å². The monoisotopic (exact) mass is 334 g/mol. The highest BCUT2D eigenvalue weighted by Gasteiger charge is 2.19. The standard InChI is InChI=1S/C13H14N6OS2/c1-9(22-13-16-14-11(20-13)8-21-2)12-15-17-18-19(12)10-6-4-3-5-7-10/h3-7,9H,8H2,1-2H3. The van der Waals surface area contributed by atoms with Gasteiger partial charge < -0.3 is 4.42 Å². The normalized spacial score (nSPS) is 12.5. The van der Waals surface area contributed by atoms with Gasteiger partial charge in [-0.15, -0.1) is 15.3 Å². The molecule has 1 aromatic carbocycles. The van der Waals surface area contributed by atoms with Gasteiger partial charge in [0.2, 0.25) is 5.89 Å². The summed E-state index contributed by atoms with van der Waals surface area (Å²) in [6, 6.07) is 9.77. The second-order valence-corrected chi connectivity index (χ2v) is 6.60. The van der Waals surface area contributed by atoms with Crippen LogP contribution in [0.5, 0.6) is 0 Å². The minimum Gasteiger partial charge on any atom is -0.415 e. The van der Waals surface area contributed by atoms with Crippen molar-refractivity contribution in [1.82, 2.24) is 30.4 Å². The number of hydrogen-bond donors (Lipinski definition) is 0. The van der Waals surface area contributed by atoms with Crippen LogP contribution in [0, 0.1) is 0 Å². The molecule has 3 rings (SSSR count). The van der Waals surface area contributed by atoms with Crippen LogP contribution < -0.4 is 0 Å². The fourth-order valence-electron chi connectivity index (χ4n) is 1.87. The van der Waals surface area contributed by atoms with E-state index in [1.807, 2.05) is 43.5 Å². The van der Waals surface area contributed by atoms with Gasteiger partial charge in [0.05, 0.1) is 16.7 Å². The van der Waals surface area contributed by atoms with Gasteiger partial charge in [-0.2, -0.15) is 16.4 Å². The quantitative estimate of drug-likeness (QED) is 0.636. The minimum absolute atomic E-state index is 0.0159. The molecule has 22 heavy (non-hydrogen) atoms. The van der Waals surface area contributed by atoms with Gasteiger partial charge in [-0.1, -0.05) is 30.0 Å². The molecule has 1 unspecified atom stereocenters. The molecular weight excluding hydrogens is 320 g/mol. The third-order valence-corrected chi connectivity index (χ3v) is 4.32. The lowest BCUT2D eigenvalue weighted by Gasteiger charge is -2.08. The lowest BCUT2D eigenvalue weighted by atomic mass is 10.3. The summed E-state index contributed by atoms with van der Waals surface area (Å²) in [5.74, 6) is 2.08. The predicted molar refractivity (Wildman–Crippen MR) is 84.9 cm³/mol. The van der Waals surface area contributed by atoms with Crippen molar-refractivity contribution in [1.29, 1.82) is 0 Å². The SMILES string of the molecule is CSCc1nnc(SC(C)c2nnnn2-c2ccccc2)o1.